The first-order chi connectivity index (χ1) is 10.4. The van der Waals surface area contributed by atoms with Gasteiger partial charge in [0.15, 0.2) is 0 Å². The molecule has 0 saturated carbocycles. The molecule has 1 aromatic rings. The van der Waals surface area contributed by atoms with Gasteiger partial charge in [-0.3, -0.25) is 20.2 Å². The number of unbranched alkanes of at least 4 members (excludes halogenated alkanes) is 1. The molecule has 0 N–H and O–H groups in total. The standard InChI is InChI=1S/C12H13ClN2O7/c1-2-3-6-21-12(16)11(15(19)20)22-8-4-5-10(14(17)18)9(13)7-8/h4-5,7,11H,2-3,6H2,1H3. The number of nitro groups is 2. The first-order valence-corrected chi connectivity index (χ1v) is 6.65. The summed E-state index contributed by atoms with van der Waals surface area (Å²) in [6, 6.07) is 3.16. The van der Waals surface area contributed by atoms with Crippen molar-refractivity contribution in [1.29, 1.82) is 0 Å². The van der Waals surface area contributed by atoms with Crippen molar-refractivity contribution in [2.75, 3.05) is 6.61 Å². The van der Waals surface area contributed by atoms with Crippen LogP contribution in [0.5, 0.6) is 5.75 Å². The lowest BCUT2D eigenvalue weighted by atomic mass is 10.3. The Bertz CT molecular complexity index is 579. The molecule has 0 fully saturated rings. The number of halogens is 1. The molecular formula is C12H13ClN2O7. The molecule has 0 aliphatic heterocycles. The van der Waals surface area contributed by atoms with Gasteiger partial charge in [0.2, 0.25) is 0 Å². The van der Waals surface area contributed by atoms with Crippen LogP contribution in [0.2, 0.25) is 5.02 Å². The van der Waals surface area contributed by atoms with Crippen LogP contribution in [0.3, 0.4) is 0 Å². The monoisotopic (exact) mass is 332 g/mol. The Labute approximate surface area is 130 Å². The van der Waals surface area contributed by atoms with E-state index >= 15 is 0 Å². The summed E-state index contributed by atoms with van der Waals surface area (Å²) < 4.78 is 9.63. The van der Waals surface area contributed by atoms with Crippen molar-refractivity contribution in [3.8, 4) is 5.75 Å². The molecule has 0 spiro atoms. The highest BCUT2D eigenvalue weighted by Gasteiger charge is 2.34. The van der Waals surface area contributed by atoms with Crippen LogP contribution >= 0.6 is 11.6 Å². The molecular weight excluding hydrogens is 320 g/mol. The molecule has 120 valence electrons. The highest BCUT2D eigenvalue weighted by Crippen LogP contribution is 2.28. The minimum atomic E-state index is -2.06. The van der Waals surface area contributed by atoms with Crippen molar-refractivity contribution in [2.24, 2.45) is 0 Å². The second kappa shape index (κ2) is 8.13. The molecule has 0 aromatic heterocycles. The highest BCUT2D eigenvalue weighted by atomic mass is 35.5. The van der Waals surface area contributed by atoms with Crippen LogP contribution in [0.25, 0.3) is 0 Å². The summed E-state index contributed by atoms with van der Waals surface area (Å²) >= 11 is 5.66. The number of rotatable bonds is 8. The molecule has 0 bridgehead atoms. The summed E-state index contributed by atoms with van der Waals surface area (Å²) in [6.07, 6.45) is -0.733. The summed E-state index contributed by atoms with van der Waals surface area (Å²) in [6.45, 7) is 1.91. The van der Waals surface area contributed by atoms with E-state index in [1.165, 1.54) is 0 Å². The predicted octanol–water partition coefficient (Wildman–Crippen LogP) is 2.57. The third kappa shape index (κ3) is 4.85. The normalized spacial score (nSPS) is 11.5. The maximum atomic E-state index is 11.6. The largest absolute Gasteiger partial charge is 0.458 e. The molecule has 1 aromatic carbocycles. The number of ether oxygens (including phenoxy) is 2. The number of esters is 1. The summed E-state index contributed by atoms with van der Waals surface area (Å²) in [7, 11) is 0. The Kier molecular flexibility index (Phi) is 6.51. The van der Waals surface area contributed by atoms with Gasteiger partial charge in [-0.25, -0.2) is 4.79 Å². The summed E-state index contributed by atoms with van der Waals surface area (Å²) in [5.74, 6) is -1.29. The number of hydrogen-bond acceptors (Lipinski definition) is 7. The van der Waals surface area contributed by atoms with Crippen molar-refractivity contribution in [3.05, 3.63) is 43.5 Å². The molecule has 0 heterocycles. The van der Waals surface area contributed by atoms with Gasteiger partial charge in [0.05, 0.1) is 16.5 Å². The number of nitro benzene ring substituents is 1. The lowest BCUT2D eigenvalue weighted by Crippen LogP contribution is -2.36. The van der Waals surface area contributed by atoms with Gasteiger partial charge in [0.25, 0.3) is 5.69 Å². The molecule has 10 heteroatoms. The van der Waals surface area contributed by atoms with Crippen molar-refractivity contribution >= 4 is 23.3 Å². The first kappa shape index (κ1) is 17.6. The molecule has 1 unspecified atom stereocenters. The van der Waals surface area contributed by atoms with E-state index in [0.717, 1.165) is 24.6 Å². The van der Waals surface area contributed by atoms with E-state index in [4.69, 9.17) is 21.1 Å². The maximum Gasteiger partial charge on any atom is 0.452 e. The molecule has 0 amide bonds. The Morgan fingerprint density at radius 2 is 2.05 bits per heavy atom. The fraction of sp³-hybridized carbons (Fsp3) is 0.417. The van der Waals surface area contributed by atoms with E-state index in [2.05, 4.69) is 0 Å². The quantitative estimate of drug-likeness (QED) is 0.236. The first-order valence-electron chi connectivity index (χ1n) is 6.27. The Morgan fingerprint density at radius 3 is 2.55 bits per heavy atom. The van der Waals surface area contributed by atoms with Crippen LogP contribution in [0.4, 0.5) is 5.69 Å². The van der Waals surface area contributed by atoms with Gasteiger partial charge in [0, 0.05) is 12.1 Å². The third-order valence-electron chi connectivity index (χ3n) is 2.50. The van der Waals surface area contributed by atoms with Gasteiger partial charge < -0.3 is 9.47 Å². The minimum Gasteiger partial charge on any atom is -0.458 e. The minimum absolute atomic E-state index is 0.0457. The van der Waals surface area contributed by atoms with E-state index in [0.29, 0.717) is 6.42 Å². The van der Waals surface area contributed by atoms with Crippen molar-refractivity contribution in [2.45, 2.75) is 26.0 Å². The van der Waals surface area contributed by atoms with Crippen molar-refractivity contribution < 1.29 is 24.1 Å². The van der Waals surface area contributed by atoms with Gasteiger partial charge in [-0.1, -0.05) is 24.9 Å². The Balaban J connectivity index is 2.83. The second-order valence-electron chi connectivity index (χ2n) is 4.15. The summed E-state index contributed by atoms with van der Waals surface area (Å²) in [4.78, 5) is 31.4. The zero-order chi connectivity index (χ0) is 16.7. The van der Waals surface area contributed by atoms with Gasteiger partial charge in [-0.05, 0) is 12.5 Å². The number of hydrogen-bond donors (Lipinski definition) is 0. The highest BCUT2D eigenvalue weighted by molar-refractivity contribution is 6.32. The van der Waals surface area contributed by atoms with Crippen LogP contribution in [0.15, 0.2) is 18.2 Å². The van der Waals surface area contributed by atoms with E-state index < -0.39 is 22.0 Å². The van der Waals surface area contributed by atoms with Crippen LogP contribution in [-0.4, -0.2) is 28.7 Å². The van der Waals surface area contributed by atoms with Gasteiger partial charge in [-0.15, -0.1) is 0 Å². The zero-order valence-electron chi connectivity index (χ0n) is 11.6. The smallest absolute Gasteiger partial charge is 0.452 e. The molecule has 0 saturated heterocycles. The van der Waals surface area contributed by atoms with E-state index in [-0.39, 0.29) is 23.1 Å². The zero-order valence-corrected chi connectivity index (χ0v) is 12.3. The van der Waals surface area contributed by atoms with Crippen LogP contribution in [0, 0.1) is 20.2 Å². The van der Waals surface area contributed by atoms with Gasteiger partial charge >= 0.3 is 12.2 Å². The fourth-order valence-electron chi connectivity index (χ4n) is 1.40. The van der Waals surface area contributed by atoms with Crippen LogP contribution in [-0.2, 0) is 9.53 Å². The van der Waals surface area contributed by atoms with Gasteiger partial charge in [0.1, 0.15) is 10.8 Å². The lowest BCUT2D eigenvalue weighted by molar-refractivity contribution is -0.548. The van der Waals surface area contributed by atoms with Crippen molar-refractivity contribution in [3.63, 3.8) is 0 Å². The molecule has 1 rings (SSSR count). The van der Waals surface area contributed by atoms with E-state index in [1.807, 2.05) is 6.92 Å². The number of carbonyl (C=O) groups is 1. The molecule has 0 aliphatic rings. The maximum absolute atomic E-state index is 11.6. The molecule has 9 nitrogen and oxygen atoms in total. The number of carbonyl (C=O) groups excluding carboxylic acids is 1. The summed E-state index contributed by atoms with van der Waals surface area (Å²) in [5.41, 5.74) is -0.378. The van der Waals surface area contributed by atoms with E-state index in [1.54, 1.807) is 0 Å². The lowest BCUT2D eigenvalue weighted by Gasteiger charge is -2.11. The second-order valence-corrected chi connectivity index (χ2v) is 4.55. The molecule has 0 aliphatic carbocycles. The topological polar surface area (TPSA) is 122 Å². The molecule has 1 atom stereocenters. The molecule has 0 radical (unpaired) electrons. The van der Waals surface area contributed by atoms with E-state index in [9.17, 15) is 25.0 Å². The molecule has 22 heavy (non-hydrogen) atoms. The summed E-state index contributed by atoms with van der Waals surface area (Å²) in [5, 5.41) is 21.2. The van der Waals surface area contributed by atoms with Crippen LogP contribution < -0.4 is 4.74 Å². The third-order valence-corrected chi connectivity index (χ3v) is 2.80. The predicted molar refractivity (Wildman–Crippen MR) is 75.4 cm³/mol. The number of benzene rings is 1. The van der Waals surface area contributed by atoms with Crippen molar-refractivity contribution in [1.82, 2.24) is 0 Å². The van der Waals surface area contributed by atoms with Gasteiger partial charge in [-0.2, -0.15) is 0 Å². The fourth-order valence-corrected chi connectivity index (χ4v) is 1.64. The average molecular weight is 333 g/mol. The number of nitrogens with zero attached hydrogens (tertiary/aromatic N) is 2. The van der Waals surface area contributed by atoms with Crippen LogP contribution in [0.1, 0.15) is 19.8 Å². The Hall–Kier alpha value is -2.42. The SMILES string of the molecule is CCCCOC(=O)C(Oc1ccc([N+](=O)[O-])c(Cl)c1)[N+](=O)[O-]. The average Bonchev–Trinajstić information content (AvgIpc) is 2.44. The Morgan fingerprint density at radius 1 is 1.36 bits per heavy atom.